The van der Waals surface area contributed by atoms with E-state index in [-0.39, 0.29) is 5.91 Å². The van der Waals surface area contributed by atoms with Gasteiger partial charge in [-0.3, -0.25) is 9.89 Å². The van der Waals surface area contributed by atoms with E-state index < -0.39 is 0 Å². The molecule has 2 aromatic rings. The number of rotatable bonds is 3. The molecular formula is C15H15ClN4O2. The molecule has 2 N–H and O–H groups in total. The van der Waals surface area contributed by atoms with E-state index in [0.29, 0.717) is 46.5 Å². The van der Waals surface area contributed by atoms with E-state index in [1.165, 1.54) is 6.26 Å². The van der Waals surface area contributed by atoms with Crippen molar-refractivity contribution < 1.29 is 9.53 Å². The summed E-state index contributed by atoms with van der Waals surface area (Å²) in [7, 11) is 0. The highest BCUT2D eigenvalue weighted by atomic mass is 35.5. The average Bonchev–Trinajstić information content (AvgIpc) is 2.94. The summed E-state index contributed by atoms with van der Waals surface area (Å²) in [5, 5.41) is 10.1. The Morgan fingerprint density at radius 1 is 1.45 bits per heavy atom. The van der Waals surface area contributed by atoms with E-state index in [1.807, 2.05) is 6.92 Å². The first kappa shape index (κ1) is 14.6. The Labute approximate surface area is 132 Å². The van der Waals surface area contributed by atoms with Crippen molar-refractivity contribution in [3.63, 3.8) is 0 Å². The highest BCUT2D eigenvalue weighted by Gasteiger charge is 2.15. The first-order valence-corrected chi connectivity index (χ1v) is 7.32. The van der Waals surface area contributed by atoms with Crippen LogP contribution in [0.4, 0.5) is 5.69 Å². The zero-order valence-electron chi connectivity index (χ0n) is 12.0. The number of anilines is 1. The van der Waals surface area contributed by atoms with Crippen molar-refractivity contribution in [1.29, 1.82) is 0 Å². The Kier molecular flexibility index (Phi) is 4.11. The number of amides is 1. The Balaban J connectivity index is 1.77. The van der Waals surface area contributed by atoms with Gasteiger partial charge in [0, 0.05) is 11.3 Å². The lowest BCUT2D eigenvalue weighted by molar-refractivity contribution is -0.113. The van der Waals surface area contributed by atoms with Gasteiger partial charge in [0.25, 0.3) is 5.91 Å². The van der Waals surface area contributed by atoms with E-state index in [0.717, 1.165) is 6.42 Å². The summed E-state index contributed by atoms with van der Waals surface area (Å²) in [5.41, 5.74) is 1.97. The van der Waals surface area contributed by atoms with Crippen molar-refractivity contribution in [3.05, 3.63) is 40.9 Å². The van der Waals surface area contributed by atoms with E-state index in [2.05, 4.69) is 20.5 Å². The molecule has 0 spiro atoms. The molecule has 0 saturated heterocycles. The minimum atomic E-state index is -0.169. The number of aromatic amines is 1. The molecule has 1 amide bonds. The van der Waals surface area contributed by atoms with Crippen molar-refractivity contribution in [1.82, 2.24) is 15.2 Å². The number of aryl methyl sites for hydroxylation is 1. The molecule has 1 aromatic carbocycles. The maximum Gasteiger partial charge on any atom is 0.254 e. The fourth-order valence-electron chi connectivity index (χ4n) is 2.18. The lowest BCUT2D eigenvalue weighted by atomic mass is 10.1. The summed E-state index contributed by atoms with van der Waals surface area (Å²) in [5.74, 6) is 1.08. The fraction of sp³-hybridized carbons (Fsp3) is 0.267. The number of carbonyl (C=O) groups excluding carboxylic acids is 1. The summed E-state index contributed by atoms with van der Waals surface area (Å²) in [6.45, 7) is 2.48. The molecule has 7 heteroatoms. The van der Waals surface area contributed by atoms with Gasteiger partial charge in [0.2, 0.25) is 0 Å². The number of hydrogen-bond donors (Lipinski definition) is 2. The largest absolute Gasteiger partial charge is 0.501 e. The second-order valence-electron chi connectivity index (χ2n) is 5.01. The maximum absolute atomic E-state index is 12.1. The molecular weight excluding hydrogens is 304 g/mol. The molecule has 3 rings (SSSR count). The Hall–Kier alpha value is -2.34. The Morgan fingerprint density at radius 3 is 2.95 bits per heavy atom. The lowest BCUT2D eigenvalue weighted by Gasteiger charge is -2.14. The molecule has 1 aromatic heterocycles. The molecule has 2 heterocycles. The van der Waals surface area contributed by atoms with Crippen LogP contribution in [-0.4, -0.2) is 27.7 Å². The summed E-state index contributed by atoms with van der Waals surface area (Å²) in [4.78, 5) is 16.3. The van der Waals surface area contributed by atoms with Crippen molar-refractivity contribution in [2.24, 2.45) is 0 Å². The first-order chi connectivity index (χ1) is 10.6. The first-order valence-electron chi connectivity index (χ1n) is 6.94. The van der Waals surface area contributed by atoms with Gasteiger partial charge in [-0.1, -0.05) is 11.6 Å². The zero-order valence-corrected chi connectivity index (χ0v) is 12.8. The molecule has 114 valence electrons. The number of nitrogens with one attached hydrogen (secondary N) is 2. The van der Waals surface area contributed by atoms with Crippen molar-refractivity contribution in [2.45, 2.75) is 19.8 Å². The molecule has 1 aliphatic heterocycles. The second-order valence-corrected chi connectivity index (χ2v) is 5.42. The third kappa shape index (κ3) is 3.12. The predicted molar refractivity (Wildman–Crippen MR) is 83.5 cm³/mol. The van der Waals surface area contributed by atoms with Crippen LogP contribution in [0, 0.1) is 6.92 Å². The molecule has 6 nitrogen and oxygen atoms in total. The Morgan fingerprint density at radius 2 is 2.32 bits per heavy atom. The van der Waals surface area contributed by atoms with Gasteiger partial charge >= 0.3 is 0 Å². The van der Waals surface area contributed by atoms with Crippen molar-refractivity contribution in [2.75, 3.05) is 11.9 Å². The Bertz CT molecular complexity index is 739. The number of carbonyl (C=O) groups is 1. The fourth-order valence-corrected chi connectivity index (χ4v) is 2.45. The van der Waals surface area contributed by atoms with E-state index in [4.69, 9.17) is 16.3 Å². The highest BCUT2D eigenvalue weighted by Crippen LogP contribution is 2.28. The monoisotopic (exact) mass is 318 g/mol. The van der Waals surface area contributed by atoms with Crippen LogP contribution in [0.15, 0.2) is 30.0 Å². The van der Waals surface area contributed by atoms with Crippen LogP contribution < -0.4 is 5.32 Å². The number of benzene rings is 1. The van der Waals surface area contributed by atoms with Gasteiger partial charge in [-0.15, -0.1) is 0 Å². The van der Waals surface area contributed by atoms with Gasteiger partial charge < -0.3 is 10.1 Å². The zero-order chi connectivity index (χ0) is 15.5. The van der Waals surface area contributed by atoms with Crippen LogP contribution in [0.3, 0.4) is 0 Å². The summed E-state index contributed by atoms with van der Waals surface area (Å²) in [6, 6.07) is 5.24. The number of aromatic nitrogens is 3. The van der Waals surface area contributed by atoms with Gasteiger partial charge in [-0.05, 0) is 38.0 Å². The SMILES string of the molecule is Cc1nc(-c2ccc(NC(=O)C3=COCCC3)cc2Cl)n[nH]1. The number of ether oxygens (including phenoxy) is 1. The number of halogens is 1. The van der Waals surface area contributed by atoms with Gasteiger partial charge in [0.1, 0.15) is 5.82 Å². The standard InChI is InChI=1S/C15H15ClN4O2/c1-9-17-14(20-19-9)12-5-4-11(7-13(12)16)18-15(21)10-3-2-6-22-8-10/h4-5,7-8H,2-3,6H2,1H3,(H,18,21)(H,17,19,20). The van der Waals surface area contributed by atoms with Crippen LogP contribution in [-0.2, 0) is 9.53 Å². The number of hydrogen-bond acceptors (Lipinski definition) is 4. The quantitative estimate of drug-likeness (QED) is 0.911. The second kappa shape index (κ2) is 6.19. The number of H-pyrrole nitrogens is 1. The minimum Gasteiger partial charge on any atom is -0.501 e. The molecule has 0 fully saturated rings. The van der Waals surface area contributed by atoms with Crippen LogP contribution >= 0.6 is 11.6 Å². The summed E-state index contributed by atoms with van der Waals surface area (Å²) < 4.78 is 5.17. The molecule has 0 radical (unpaired) electrons. The molecule has 0 atom stereocenters. The molecule has 0 saturated carbocycles. The van der Waals surface area contributed by atoms with Gasteiger partial charge in [0.05, 0.1) is 23.5 Å². The van der Waals surface area contributed by atoms with Crippen LogP contribution in [0.25, 0.3) is 11.4 Å². The van der Waals surface area contributed by atoms with E-state index >= 15 is 0 Å². The predicted octanol–water partition coefficient (Wildman–Crippen LogP) is 3.07. The van der Waals surface area contributed by atoms with Crippen LogP contribution in [0.2, 0.25) is 5.02 Å². The normalized spacial score (nSPS) is 14.2. The molecule has 0 bridgehead atoms. The third-order valence-corrected chi connectivity index (χ3v) is 3.60. The smallest absolute Gasteiger partial charge is 0.254 e. The molecule has 22 heavy (non-hydrogen) atoms. The van der Waals surface area contributed by atoms with Crippen LogP contribution in [0.5, 0.6) is 0 Å². The molecule has 0 aliphatic carbocycles. The maximum atomic E-state index is 12.1. The number of nitrogens with zero attached hydrogens (tertiary/aromatic N) is 2. The minimum absolute atomic E-state index is 0.169. The van der Waals surface area contributed by atoms with Gasteiger partial charge in [-0.25, -0.2) is 4.98 Å². The van der Waals surface area contributed by atoms with E-state index in [1.54, 1.807) is 18.2 Å². The summed E-state index contributed by atoms with van der Waals surface area (Å²) >= 11 is 6.26. The average molecular weight is 319 g/mol. The van der Waals surface area contributed by atoms with Crippen molar-refractivity contribution >= 4 is 23.2 Å². The molecule has 0 unspecified atom stereocenters. The van der Waals surface area contributed by atoms with Gasteiger partial charge in [-0.2, -0.15) is 5.10 Å². The lowest BCUT2D eigenvalue weighted by Crippen LogP contribution is -2.17. The van der Waals surface area contributed by atoms with E-state index in [9.17, 15) is 4.79 Å². The summed E-state index contributed by atoms with van der Waals surface area (Å²) in [6.07, 6.45) is 3.09. The van der Waals surface area contributed by atoms with Crippen LogP contribution in [0.1, 0.15) is 18.7 Å². The highest BCUT2D eigenvalue weighted by molar-refractivity contribution is 6.33. The van der Waals surface area contributed by atoms with Crippen molar-refractivity contribution in [3.8, 4) is 11.4 Å². The topological polar surface area (TPSA) is 79.9 Å². The van der Waals surface area contributed by atoms with Gasteiger partial charge in [0.15, 0.2) is 5.82 Å². The third-order valence-electron chi connectivity index (χ3n) is 3.29. The molecule has 1 aliphatic rings.